The topological polar surface area (TPSA) is 125 Å². The lowest BCUT2D eigenvalue weighted by Crippen LogP contribution is -2.53. The number of piperazine rings is 1. The van der Waals surface area contributed by atoms with Crippen molar-refractivity contribution in [3.05, 3.63) is 69.1 Å². The summed E-state index contributed by atoms with van der Waals surface area (Å²) in [5.41, 5.74) is 8.62. The quantitative estimate of drug-likeness (QED) is 0.518. The Morgan fingerprint density at radius 2 is 1.94 bits per heavy atom. The minimum absolute atomic E-state index is 0.0730. The summed E-state index contributed by atoms with van der Waals surface area (Å²) in [4.78, 5) is 29.3. The highest BCUT2D eigenvalue weighted by molar-refractivity contribution is 5.98. The van der Waals surface area contributed by atoms with Gasteiger partial charge in [-0.05, 0) is 23.3 Å². The van der Waals surface area contributed by atoms with E-state index in [2.05, 4.69) is 16.3 Å². The van der Waals surface area contributed by atoms with Crippen molar-refractivity contribution in [2.45, 2.75) is 19.1 Å². The number of hydrogen-bond donors (Lipinski definition) is 3. The van der Waals surface area contributed by atoms with Crippen LogP contribution in [0.4, 0.5) is 0 Å². The maximum absolute atomic E-state index is 13.4. The lowest BCUT2D eigenvalue weighted by Gasteiger charge is -2.37. The number of aromatic amines is 1. The van der Waals surface area contributed by atoms with Crippen molar-refractivity contribution in [3.8, 4) is 5.75 Å². The largest absolute Gasteiger partial charge is 0.492 e. The summed E-state index contributed by atoms with van der Waals surface area (Å²) >= 11 is 0. The number of amides is 1. The number of carbonyl (C=O) groups is 1. The molecule has 0 spiro atoms. The zero-order valence-corrected chi connectivity index (χ0v) is 18.3. The Kier molecular flexibility index (Phi) is 5.84. The standard InChI is InChI=1S/C24H27N5O4/c25-14-21(30)28-6-8-29(9-7-28)24(32)19-12-15(11-16-5-10-33-22(16)19)13-20-17-3-1-2-4-18(17)23(31)27-26-20/h1-4,11-12,21,30H,5-10,13-14,25H2,(H,27,31). The van der Waals surface area contributed by atoms with Crippen LogP contribution in [0.1, 0.15) is 27.2 Å². The molecule has 2 aliphatic heterocycles. The van der Waals surface area contributed by atoms with Gasteiger partial charge >= 0.3 is 0 Å². The number of carbonyl (C=O) groups excluding carboxylic acids is 1. The van der Waals surface area contributed by atoms with Gasteiger partial charge in [0.25, 0.3) is 11.5 Å². The van der Waals surface area contributed by atoms with E-state index in [1.165, 1.54) is 0 Å². The molecule has 0 aliphatic carbocycles. The predicted molar refractivity (Wildman–Crippen MR) is 123 cm³/mol. The van der Waals surface area contributed by atoms with Gasteiger partial charge in [-0.25, -0.2) is 5.10 Å². The van der Waals surface area contributed by atoms with Gasteiger partial charge in [0.05, 0.1) is 23.3 Å². The van der Waals surface area contributed by atoms with E-state index in [1.807, 2.05) is 29.2 Å². The molecular weight excluding hydrogens is 422 g/mol. The number of rotatable bonds is 5. The first-order valence-corrected chi connectivity index (χ1v) is 11.2. The third-order valence-electron chi connectivity index (χ3n) is 6.45. The summed E-state index contributed by atoms with van der Waals surface area (Å²) in [6, 6.07) is 11.3. The lowest BCUT2D eigenvalue weighted by molar-refractivity contribution is -0.0160. The highest BCUT2D eigenvalue weighted by atomic mass is 16.5. The van der Waals surface area contributed by atoms with Gasteiger partial charge in [0, 0.05) is 51.0 Å². The number of nitrogens with two attached hydrogens (primary N) is 1. The van der Waals surface area contributed by atoms with Gasteiger partial charge in [0.2, 0.25) is 0 Å². The maximum atomic E-state index is 13.4. The zero-order valence-electron chi connectivity index (χ0n) is 18.3. The van der Waals surface area contributed by atoms with E-state index in [0.29, 0.717) is 55.9 Å². The molecule has 2 aromatic carbocycles. The van der Waals surface area contributed by atoms with Crippen LogP contribution in [-0.2, 0) is 12.8 Å². The van der Waals surface area contributed by atoms with E-state index < -0.39 is 6.23 Å². The summed E-state index contributed by atoms with van der Waals surface area (Å²) < 4.78 is 5.83. The Hall–Kier alpha value is -3.27. The molecule has 172 valence electrons. The van der Waals surface area contributed by atoms with E-state index in [0.717, 1.165) is 28.6 Å². The van der Waals surface area contributed by atoms with Crippen molar-refractivity contribution in [1.82, 2.24) is 20.0 Å². The molecular formula is C24H27N5O4. The molecule has 9 nitrogen and oxygen atoms in total. The Bertz CT molecular complexity index is 1250. The molecule has 3 aromatic rings. The second-order valence-corrected chi connectivity index (χ2v) is 8.50. The second-order valence-electron chi connectivity index (χ2n) is 8.50. The summed E-state index contributed by atoms with van der Waals surface area (Å²) in [6.45, 7) is 2.89. The first-order chi connectivity index (χ1) is 16.0. The molecule has 33 heavy (non-hydrogen) atoms. The zero-order chi connectivity index (χ0) is 22.9. The molecule has 3 heterocycles. The van der Waals surface area contributed by atoms with Gasteiger partial charge in [-0.2, -0.15) is 5.10 Å². The average molecular weight is 450 g/mol. The van der Waals surface area contributed by atoms with Crippen LogP contribution in [-0.4, -0.2) is 76.6 Å². The van der Waals surface area contributed by atoms with Crippen molar-refractivity contribution in [2.75, 3.05) is 39.3 Å². The normalized spacial score (nSPS) is 17.1. The third-order valence-corrected chi connectivity index (χ3v) is 6.45. The molecule has 1 fully saturated rings. The molecule has 0 bridgehead atoms. The third kappa shape index (κ3) is 4.10. The first kappa shape index (κ1) is 21.6. The Balaban J connectivity index is 1.44. The second kappa shape index (κ2) is 8.93. The van der Waals surface area contributed by atoms with Crippen LogP contribution in [0.15, 0.2) is 41.2 Å². The van der Waals surface area contributed by atoms with E-state index in [4.69, 9.17) is 10.5 Å². The summed E-state index contributed by atoms with van der Waals surface area (Å²) in [5, 5.41) is 18.2. The van der Waals surface area contributed by atoms with Crippen LogP contribution in [0.3, 0.4) is 0 Å². The number of aliphatic hydroxyl groups excluding tert-OH is 1. The minimum atomic E-state index is -0.683. The van der Waals surface area contributed by atoms with Crippen LogP contribution in [0.5, 0.6) is 5.75 Å². The molecule has 2 aliphatic rings. The van der Waals surface area contributed by atoms with Gasteiger partial charge in [-0.1, -0.05) is 24.3 Å². The van der Waals surface area contributed by atoms with E-state index in [-0.39, 0.29) is 18.0 Å². The maximum Gasteiger partial charge on any atom is 0.272 e. The van der Waals surface area contributed by atoms with E-state index in [9.17, 15) is 14.7 Å². The monoisotopic (exact) mass is 449 g/mol. The summed E-state index contributed by atoms with van der Waals surface area (Å²) in [6.07, 6.45) is 0.555. The average Bonchev–Trinajstić information content (AvgIpc) is 3.33. The fraction of sp³-hybridized carbons (Fsp3) is 0.375. The van der Waals surface area contributed by atoms with Gasteiger partial charge in [0.1, 0.15) is 12.0 Å². The van der Waals surface area contributed by atoms with Crippen molar-refractivity contribution in [2.24, 2.45) is 5.73 Å². The molecule has 1 aromatic heterocycles. The van der Waals surface area contributed by atoms with Gasteiger partial charge in [0.15, 0.2) is 0 Å². The fourth-order valence-corrected chi connectivity index (χ4v) is 4.68. The highest BCUT2D eigenvalue weighted by Crippen LogP contribution is 2.33. The molecule has 0 radical (unpaired) electrons. The number of ether oxygens (including phenoxy) is 1. The SMILES string of the molecule is NCC(O)N1CCN(C(=O)c2cc(Cc3n[nH]c(=O)c4ccccc34)cc3c2OCC3)CC1. The van der Waals surface area contributed by atoms with Gasteiger partial charge < -0.3 is 20.5 Å². The number of hydrogen-bond acceptors (Lipinski definition) is 7. The molecule has 5 rings (SSSR count). The first-order valence-electron chi connectivity index (χ1n) is 11.2. The molecule has 1 unspecified atom stereocenters. The van der Waals surface area contributed by atoms with Crippen LogP contribution in [0.25, 0.3) is 10.8 Å². The Labute approximate surface area is 190 Å². The minimum Gasteiger partial charge on any atom is -0.492 e. The number of aromatic nitrogens is 2. The predicted octanol–water partition coefficient (Wildman–Crippen LogP) is 0.484. The van der Waals surface area contributed by atoms with Crippen LogP contribution in [0.2, 0.25) is 0 Å². The summed E-state index contributed by atoms with van der Waals surface area (Å²) in [5.74, 6) is 0.587. The molecule has 9 heteroatoms. The number of benzene rings is 2. The van der Waals surface area contributed by atoms with Crippen LogP contribution >= 0.6 is 0 Å². The van der Waals surface area contributed by atoms with Crippen LogP contribution in [0, 0.1) is 0 Å². The van der Waals surface area contributed by atoms with Crippen LogP contribution < -0.4 is 16.0 Å². The molecule has 1 saturated heterocycles. The Morgan fingerprint density at radius 1 is 1.18 bits per heavy atom. The number of H-pyrrole nitrogens is 1. The fourth-order valence-electron chi connectivity index (χ4n) is 4.68. The van der Waals surface area contributed by atoms with Gasteiger partial charge in [-0.15, -0.1) is 0 Å². The number of aliphatic hydroxyl groups is 1. The number of fused-ring (bicyclic) bond motifs is 2. The van der Waals surface area contributed by atoms with E-state index in [1.54, 1.807) is 11.0 Å². The smallest absolute Gasteiger partial charge is 0.272 e. The van der Waals surface area contributed by atoms with Crippen molar-refractivity contribution in [3.63, 3.8) is 0 Å². The molecule has 4 N–H and O–H groups in total. The number of nitrogens with one attached hydrogen (secondary N) is 1. The van der Waals surface area contributed by atoms with Crippen molar-refractivity contribution in [1.29, 1.82) is 0 Å². The molecule has 1 amide bonds. The van der Waals surface area contributed by atoms with Gasteiger partial charge in [-0.3, -0.25) is 14.5 Å². The highest BCUT2D eigenvalue weighted by Gasteiger charge is 2.29. The Morgan fingerprint density at radius 3 is 2.70 bits per heavy atom. The lowest BCUT2D eigenvalue weighted by atomic mass is 9.98. The van der Waals surface area contributed by atoms with E-state index >= 15 is 0 Å². The van der Waals surface area contributed by atoms with Crippen molar-refractivity contribution >= 4 is 16.7 Å². The summed E-state index contributed by atoms with van der Waals surface area (Å²) in [7, 11) is 0. The number of nitrogens with zero attached hydrogens (tertiary/aromatic N) is 3. The molecule has 1 atom stereocenters. The van der Waals surface area contributed by atoms with Crippen molar-refractivity contribution < 1.29 is 14.6 Å². The molecule has 0 saturated carbocycles.